The third-order valence-electron chi connectivity index (χ3n) is 2.85. The zero-order valence-electron chi connectivity index (χ0n) is 11.7. The van der Waals surface area contributed by atoms with Crippen LogP contribution < -0.4 is 5.32 Å². The molecule has 0 saturated carbocycles. The minimum atomic E-state index is -3.12. The smallest absolute Gasteiger partial charge is 0.255 e. The Morgan fingerprint density at radius 3 is 2.41 bits per heavy atom. The summed E-state index contributed by atoms with van der Waals surface area (Å²) >= 11 is 5.81. The van der Waals surface area contributed by atoms with E-state index < -0.39 is 15.7 Å². The lowest BCUT2D eigenvalue weighted by atomic mass is 10.1. The number of rotatable bonds is 4. The molecule has 5 nitrogen and oxygen atoms in total. The Kier molecular flexibility index (Phi) is 4.73. The summed E-state index contributed by atoms with van der Waals surface area (Å²) in [7, 11) is -3.12. The lowest BCUT2D eigenvalue weighted by molar-refractivity contribution is 0.102. The van der Waals surface area contributed by atoms with Gasteiger partial charge in [0, 0.05) is 16.8 Å². The van der Waals surface area contributed by atoms with Crippen LogP contribution in [0.3, 0.4) is 0 Å². The molecule has 1 amide bonds. The van der Waals surface area contributed by atoms with Gasteiger partial charge < -0.3 is 10.4 Å². The van der Waals surface area contributed by atoms with Gasteiger partial charge in [-0.3, -0.25) is 4.79 Å². The van der Waals surface area contributed by atoms with Gasteiger partial charge in [0.25, 0.3) is 5.91 Å². The molecule has 0 heterocycles. The van der Waals surface area contributed by atoms with Gasteiger partial charge in [0.15, 0.2) is 9.84 Å². The molecule has 0 spiro atoms. The van der Waals surface area contributed by atoms with Crippen LogP contribution >= 0.6 is 11.6 Å². The Morgan fingerprint density at radius 2 is 1.82 bits per heavy atom. The molecule has 0 bridgehead atoms. The third kappa shape index (κ3) is 4.47. The fourth-order valence-electron chi connectivity index (χ4n) is 1.86. The zero-order chi connectivity index (χ0) is 16.3. The third-order valence-corrected chi connectivity index (χ3v) is 3.94. The number of phenols is 1. The maximum absolute atomic E-state index is 12.1. The number of nitrogens with one attached hydrogen (secondary N) is 1. The van der Waals surface area contributed by atoms with Gasteiger partial charge in [0.1, 0.15) is 5.75 Å². The summed E-state index contributed by atoms with van der Waals surface area (Å²) in [6, 6.07) is 10.5. The minimum Gasteiger partial charge on any atom is -0.506 e. The van der Waals surface area contributed by atoms with Crippen molar-refractivity contribution in [3.63, 3.8) is 0 Å². The highest BCUT2D eigenvalue weighted by atomic mass is 35.5. The van der Waals surface area contributed by atoms with Gasteiger partial charge in [-0.25, -0.2) is 8.42 Å². The molecular formula is C15H14ClNO4S. The van der Waals surface area contributed by atoms with Crippen LogP contribution in [-0.4, -0.2) is 25.7 Å². The van der Waals surface area contributed by atoms with E-state index in [2.05, 4.69) is 5.32 Å². The number of carbonyl (C=O) groups is 1. The highest BCUT2D eigenvalue weighted by Gasteiger charge is 2.10. The molecule has 22 heavy (non-hydrogen) atoms. The predicted octanol–water partition coefficient (Wildman–Crippen LogP) is 2.84. The van der Waals surface area contributed by atoms with E-state index in [1.807, 2.05) is 0 Å². The summed E-state index contributed by atoms with van der Waals surface area (Å²) in [6.07, 6.45) is 1.15. The van der Waals surface area contributed by atoms with Gasteiger partial charge >= 0.3 is 0 Å². The second-order valence-electron chi connectivity index (χ2n) is 4.88. The van der Waals surface area contributed by atoms with Crippen LogP contribution in [0, 0.1) is 0 Å². The van der Waals surface area contributed by atoms with Gasteiger partial charge in [0.05, 0.1) is 11.4 Å². The van der Waals surface area contributed by atoms with E-state index in [-0.39, 0.29) is 17.2 Å². The summed E-state index contributed by atoms with van der Waals surface area (Å²) in [5.41, 5.74) is 1.15. The van der Waals surface area contributed by atoms with Crippen molar-refractivity contribution in [1.29, 1.82) is 0 Å². The Bertz CT molecular complexity index is 801. The van der Waals surface area contributed by atoms with E-state index in [4.69, 9.17) is 11.6 Å². The van der Waals surface area contributed by atoms with Crippen molar-refractivity contribution in [3.8, 4) is 5.75 Å². The molecule has 2 N–H and O–H groups in total. The first kappa shape index (κ1) is 16.3. The maximum atomic E-state index is 12.1. The van der Waals surface area contributed by atoms with Crippen molar-refractivity contribution >= 4 is 33.0 Å². The number of halogens is 1. The monoisotopic (exact) mass is 339 g/mol. The van der Waals surface area contributed by atoms with Crippen LogP contribution in [0.2, 0.25) is 5.02 Å². The molecule has 0 aliphatic rings. The van der Waals surface area contributed by atoms with Crippen LogP contribution in [-0.2, 0) is 15.6 Å². The number of hydrogen-bond donors (Lipinski definition) is 2. The number of amides is 1. The fourth-order valence-corrected chi connectivity index (χ4v) is 2.83. The maximum Gasteiger partial charge on any atom is 0.255 e. The second kappa shape index (κ2) is 6.37. The fraction of sp³-hybridized carbons (Fsp3) is 0.133. The minimum absolute atomic E-state index is 0.0794. The molecule has 2 aromatic carbocycles. The van der Waals surface area contributed by atoms with E-state index >= 15 is 0 Å². The molecule has 0 fully saturated rings. The van der Waals surface area contributed by atoms with Crippen molar-refractivity contribution in [3.05, 3.63) is 58.6 Å². The molecule has 0 atom stereocenters. The molecule has 0 radical (unpaired) electrons. The van der Waals surface area contributed by atoms with Gasteiger partial charge in [-0.1, -0.05) is 23.7 Å². The van der Waals surface area contributed by atoms with Crippen LogP contribution in [0.5, 0.6) is 5.75 Å². The summed E-state index contributed by atoms with van der Waals surface area (Å²) < 4.78 is 22.4. The molecule has 0 aliphatic heterocycles. The first-order chi connectivity index (χ1) is 10.2. The summed E-state index contributed by atoms with van der Waals surface area (Å²) in [6.45, 7) is 0. The second-order valence-corrected chi connectivity index (χ2v) is 7.46. The first-order valence-electron chi connectivity index (χ1n) is 6.31. The Balaban J connectivity index is 2.15. The van der Waals surface area contributed by atoms with Gasteiger partial charge in [-0.15, -0.1) is 0 Å². The number of carbonyl (C=O) groups excluding carboxylic acids is 1. The molecule has 0 aromatic heterocycles. The van der Waals surface area contributed by atoms with E-state index in [9.17, 15) is 18.3 Å². The van der Waals surface area contributed by atoms with E-state index in [1.54, 1.807) is 12.1 Å². The summed E-state index contributed by atoms with van der Waals surface area (Å²) in [5.74, 6) is -0.598. The highest BCUT2D eigenvalue weighted by Crippen LogP contribution is 2.27. The highest BCUT2D eigenvalue weighted by molar-refractivity contribution is 7.89. The van der Waals surface area contributed by atoms with Crippen molar-refractivity contribution < 1.29 is 18.3 Å². The predicted molar refractivity (Wildman–Crippen MR) is 86.1 cm³/mol. The molecule has 0 aliphatic carbocycles. The lowest BCUT2D eigenvalue weighted by Gasteiger charge is -2.08. The Labute approximate surface area is 133 Å². The van der Waals surface area contributed by atoms with Crippen LogP contribution in [0.15, 0.2) is 42.5 Å². The van der Waals surface area contributed by atoms with E-state index in [0.717, 1.165) is 6.26 Å². The summed E-state index contributed by atoms with van der Waals surface area (Å²) in [4.78, 5) is 12.1. The number of anilines is 1. The van der Waals surface area contributed by atoms with Crippen LogP contribution in [0.1, 0.15) is 15.9 Å². The largest absolute Gasteiger partial charge is 0.506 e. The zero-order valence-corrected chi connectivity index (χ0v) is 13.3. The van der Waals surface area contributed by atoms with Crippen molar-refractivity contribution in [2.24, 2.45) is 0 Å². The van der Waals surface area contributed by atoms with Crippen LogP contribution in [0.25, 0.3) is 0 Å². The van der Waals surface area contributed by atoms with Crippen molar-refractivity contribution in [1.82, 2.24) is 0 Å². The quantitative estimate of drug-likeness (QED) is 0.839. The molecule has 2 rings (SSSR count). The number of hydrogen-bond acceptors (Lipinski definition) is 4. The molecule has 0 unspecified atom stereocenters. The molecule has 2 aromatic rings. The van der Waals surface area contributed by atoms with Crippen molar-refractivity contribution in [2.45, 2.75) is 5.75 Å². The average Bonchev–Trinajstić information content (AvgIpc) is 2.42. The molecule has 116 valence electrons. The topological polar surface area (TPSA) is 83.5 Å². The van der Waals surface area contributed by atoms with E-state index in [0.29, 0.717) is 16.1 Å². The molecular weight excluding hydrogens is 326 g/mol. The Hall–Kier alpha value is -2.05. The molecule has 7 heteroatoms. The molecule has 0 saturated heterocycles. The van der Waals surface area contributed by atoms with E-state index in [1.165, 1.54) is 30.3 Å². The van der Waals surface area contributed by atoms with Gasteiger partial charge in [-0.05, 0) is 35.9 Å². The normalized spacial score (nSPS) is 11.2. The van der Waals surface area contributed by atoms with Gasteiger partial charge in [-0.2, -0.15) is 0 Å². The Morgan fingerprint density at radius 1 is 1.18 bits per heavy atom. The SMILES string of the molecule is CS(=O)(=O)Cc1ccc(C(=O)Nc2cc(Cl)ccc2O)cc1. The number of sulfone groups is 1. The standard InChI is InChI=1S/C15H14ClNO4S/c1-22(20,21)9-10-2-4-11(5-3-10)15(19)17-13-8-12(16)6-7-14(13)18/h2-8,18H,9H2,1H3,(H,17,19). The average molecular weight is 340 g/mol. The number of phenolic OH excluding ortho intramolecular Hbond substituents is 1. The summed E-state index contributed by atoms with van der Waals surface area (Å²) in [5, 5.41) is 12.6. The first-order valence-corrected chi connectivity index (χ1v) is 8.75. The lowest BCUT2D eigenvalue weighted by Crippen LogP contribution is -2.12. The number of aromatic hydroxyl groups is 1. The van der Waals surface area contributed by atoms with Gasteiger partial charge in [0.2, 0.25) is 0 Å². The van der Waals surface area contributed by atoms with Crippen LogP contribution in [0.4, 0.5) is 5.69 Å². The number of benzene rings is 2. The van der Waals surface area contributed by atoms with Crippen molar-refractivity contribution in [2.75, 3.05) is 11.6 Å².